The maximum Gasteiger partial charge on any atom is 0.223 e. The molecule has 0 aliphatic rings. The van der Waals surface area contributed by atoms with E-state index in [1.165, 1.54) is 12.8 Å². The number of unbranched alkanes of at least 4 members (excludes halogenated alkanes) is 2. The molecule has 0 aliphatic carbocycles. The highest BCUT2D eigenvalue weighted by Crippen LogP contribution is 2.14. The molecule has 0 aromatic heterocycles. The maximum absolute atomic E-state index is 11.5. The molecule has 81 valence electrons. The molecule has 0 saturated heterocycles. The van der Waals surface area contributed by atoms with Crippen molar-refractivity contribution in [2.45, 2.75) is 33.1 Å². The summed E-state index contributed by atoms with van der Waals surface area (Å²) in [6, 6.07) is 10.5. The van der Waals surface area contributed by atoms with Gasteiger partial charge in [0.05, 0.1) is 0 Å². The molecule has 2 heteroatoms. The van der Waals surface area contributed by atoms with Gasteiger partial charge in [-0.05, 0) is 24.6 Å². The second kappa shape index (κ2) is 6.23. The lowest BCUT2D eigenvalue weighted by Gasteiger charge is -2.20. The van der Waals surface area contributed by atoms with Crippen LogP contribution < -0.4 is 4.90 Å². The number of rotatable bonds is 5. The lowest BCUT2D eigenvalue weighted by atomic mass is 10.2. The van der Waals surface area contributed by atoms with Crippen LogP contribution in [-0.4, -0.2) is 12.5 Å². The second-order valence-electron chi connectivity index (χ2n) is 3.64. The Kier molecular flexibility index (Phi) is 4.88. The van der Waals surface area contributed by atoms with E-state index in [9.17, 15) is 4.79 Å². The van der Waals surface area contributed by atoms with Crippen LogP contribution in [0.2, 0.25) is 0 Å². The molecule has 1 aromatic carbocycles. The van der Waals surface area contributed by atoms with Crippen LogP contribution in [0.25, 0.3) is 0 Å². The van der Waals surface area contributed by atoms with Crippen molar-refractivity contribution < 1.29 is 4.79 Å². The van der Waals surface area contributed by atoms with Crippen LogP contribution in [0.3, 0.4) is 0 Å². The minimum Gasteiger partial charge on any atom is -0.313 e. The summed E-state index contributed by atoms with van der Waals surface area (Å²) < 4.78 is 0. The quantitative estimate of drug-likeness (QED) is 0.675. The number of amides is 1. The van der Waals surface area contributed by atoms with Gasteiger partial charge in [-0.1, -0.05) is 31.9 Å². The van der Waals surface area contributed by atoms with Crippen molar-refractivity contribution in [3.63, 3.8) is 0 Å². The molecule has 15 heavy (non-hydrogen) atoms. The Labute approximate surface area is 91.9 Å². The van der Waals surface area contributed by atoms with Gasteiger partial charge in [0.25, 0.3) is 0 Å². The van der Waals surface area contributed by atoms with Crippen molar-refractivity contribution in [3.8, 4) is 0 Å². The van der Waals surface area contributed by atoms with Gasteiger partial charge in [0.15, 0.2) is 0 Å². The number of anilines is 1. The Morgan fingerprint density at radius 1 is 1.33 bits per heavy atom. The SMILES string of the molecule is CCCCCN(C(C)=O)c1cc[c]cc1. The minimum atomic E-state index is 0.109. The summed E-state index contributed by atoms with van der Waals surface area (Å²) in [5.41, 5.74) is 0.970. The molecule has 0 bridgehead atoms. The van der Waals surface area contributed by atoms with E-state index in [4.69, 9.17) is 0 Å². The topological polar surface area (TPSA) is 20.3 Å². The summed E-state index contributed by atoms with van der Waals surface area (Å²) in [4.78, 5) is 13.3. The summed E-state index contributed by atoms with van der Waals surface area (Å²) in [6.45, 7) is 4.59. The monoisotopic (exact) mass is 204 g/mol. The van der Waals surface area contributed by atoms with Crippen LogP contribution in [-0.2, 0) is 4.79 Å². The molecule has 0 unspecified atom stereocenters. The lowest BCUT2D eigenvalue weighted by molar-refractivity contribution is -0.116. The van der Waals surface area contributed by atoms with Gasteiger partial charge in [-0.2, -0.15) is 0 Å². The zero-order chi connectivity index (χ0) is 11.1. The predicted octanol–water partition coefficient (Wildman–Crippen LogP) is 3.03. The van der Waals surface area contributed by atoms with Gasteiger partial charge in [0.2, 0.25) is 5.91 Å². The number of nitrogens with zero attached hydrogens (tertiary/aromatic N) is 1. The fraction of sp³-hybridized carbons (Fsp3) is 0.462. The van der Waals surface area contributed by atoms with E-state index in [-0.39, 0.29) is 5.91 Å². The first-order chi connectivity index (χ1) is 7.25. The Balaban J connectivity index is 2.62. The molecule has 1 rings (SSSR count). The number of hydrogen-bond acceptors (Lipinski definition) is 1. The standard InChI is InChI=1S/C13H18NO/c1-3-4-8-11-14(12(2)15)13-9-6-5-7-10-13/h6-7,9-10H,3-4,8,11H2,1-2H3. The average Bonchev–Trinajstić information content (AvgIpc) is 2.25. The van der Waals surface area contributed by atoms with Crippen molar-refractivity contribution in [2.75, 3.05) is 11.4 Å². The van der Waals surface area contributed by atoms with Crippen molar-refractivity contribution in [1.82, 2.24) is 0 Å². The fourth-order valence-electron chi connectivity index (χ4n) is 1.55. The van der Waals surface area contributed by atoms with Gasteiger partial charge >= 0.3 is 0 Å². The maximum atomic E-state index is 11.5. The van der Waals surface area contributed by atoms with E-state index < -0.39 is 0 Å². The summed E-state index contributed by atoms with van der Waals surface area (Å²) in [6.07, 6.45) is 3.41. The molecular formula is C13H18NO. The average molecular weight is 204 g/mol. The van der Waals surface area contributed by atoms with Crippen LogP contribution in [0.5, 0.6) is 0 Å². The van der Waals surface area contributed by atoms with Crippen LogP contribution in [0.15, 0.2) is 24.3 Å². The van der Waals surface area contributed by atoms with E-state index in [2.05, 4.69) is 13.0 Å². The number of benzene rings is 1. The zero-order valence-electron chi connectivity index (χ0n) is 9.49. The molecule has 2 nitrogen and oxygen atoms in total. The van der Waals surface area contributed by atoms with E-state index in [0.29, 0.717) is 0 Å². The second-order valence-corrected chi connectivity index (χ2v) is 3.64. The Hall–Kier alpha value is -1.31. The van der Waals surface area contributed by atoms with Crippen molar-refractivity contribution >= 4 is 11.6 Å². The van der Waals surface area contributed by atoms with Gasteiger partial charge in [0.1, 0.15) is 0 Å². The minimum absolute atomic E-state index is 0.109. The Morgan fingerprint density at radius 2 is 2.00 bits per heavy atom. The van der Waals surface area contributed by atoms with Gasteiger partial charge in [-0.25, -0.2) is 0 Å². The number of carbonyl (C=O) groups is 1. The molecule has 0 atom stereocenters. The van der Waals surface area contributed by atoms with Crippen LogP contribution in [0, 0.1) is 6.07 Å². The summed E-state index contributed by atoms with van der Waals surface area (Å²) in [5.74, 6) is 0.109. The Bertz CT molecular complexity index is 295. The van der Waals surface area contributed by atoms with E-state index in [0.717, 1.165) is 18.7 Å². The third-order valence-electron chi connectivity index (χ3n) is 2.38. The molecule has 0 aliphatic heterocycles. The van der Waals surface area contributed by atoms with Crippen molar-refractivity contribution in [3.05, 3.63) is 30.3 Å². The first-order valence-electron chi connectivity index (χ1n) is 5.50. The lowest BCUT2D eigenvalue weighted by Crippen LogP contribution is -2.29. The summed E-state index contributed by atoms with van der Waals surface area (Å²) >= 11 is 0. The molecule has 1 aromatic rings. The summed E-state index contributed by atoms with van der Waals surface area (Å²) in [5, 5.41) is 0. The predicted molar refractivity (Wildman–Crippen MR) is 62.8 cm³/mol. The normalized spacial score (nSPS) is 10.0. The number of carbonyl (C=O) groups excluding carboxylic acids is 1. The largest absolute Gasteiger partial charge is 0.313 e. The van der Waals surface area contributed by atoms with Crippen molar-refractivity contribution in [1.29, 1.82) is 0 Å². The van der Waals surface area contributed by atoms with E-state index >= 15 is 0 Å². The molecule has 0 spiro atoms. The molecule has 0 N–H and O–H groups in total. The van der Waals surface area contributed by atoms with Crippen molar-refractivity contribution in [2.24, 2.45) is 0 Å². The highest BCUT2D eigenvalue weighted by molar-refractivity contribution is 5.91. The molecule has 0 fully saturated rings. The molecular weight excluding hydrogens is 186 g/mol. The smallest absolute Gasteiger partial charge is 0.223 e. The fourth-order valence-corrected chi connectivity index (χ4v) is 1.55. The van der Waals surface area contributed by atoms with Crippen LogP contribution >= 0.6 is 0 Å². The highest BCUT2D eigenvalue weighted by atomic mass is 16.2. The van der Waals surface area contributed by atoms with E-state index in [1.54, 1.807) is 6.92 Å². The molecule has 1 amide bonds. The third-order valence-corrected chi connectivity index (χ3v) is 2.38. The summed E-state index contributed by atoms with van der Waals surface area (Å²) in [7, 11) is 0. The van der Waals surface area contributed by atoms with Gasteiger partial charge in [0, 0.05) is 19.2 Å². The third kappa shape index (κ3) is 3.74. The van der Waals surface area contributed by atoms with Crippen LogP contribution in [0.1, 0.15) is 33.1 Å². The molecule has 1 radical (unpaired) electrons. The first kappa shape index (κ1) is 11.8. The van der Waals surface area contributed by atoms with Gasteiger partial charge in [-0.3, -0.25) is 4.79 Å². The van der Waals surface area contributed by atoms with Gasteiger partial charge in [-0.15, -0.1) is 0 Å². The highest BCUT2D eigenvalue weighted by Gasteiger charge is 2.09. The Morgan fingerprint density at radius 3 is 2.53 bits per heavy atom. The van der Waals surface area contributed by atoms with Gasteiger partial charge < -0.3 is 4.90 Å². The zero-order valence-corrected chi connectivity index (χ0v) is 9.49. The first-order valence-corrected chi connectivity index (χ1v) is 5.50. The van der Waals surface area contributed by atoms with Crippen LogP contribution in [0.4, 0.5) is 5.69 Å². The number of hydrogen-bond donors (Lipinski definition) is 0. The van der Waals surface area contributed by atoms with E-state index in [1.807, 2.05) is 29.2 Å². The molecule has 0 heterocycles. The molecule has 0 saturated carbocycles.